The summed E-state index contributed by atoms with van der Waals surface area (Å²) in [4.78, 5) is 8.80. The van der Waals surface area contributed by atoms with Crippen molar-refractivity contribution in [2.75, 3.05) is 35.4 Å². The third-order valence-electron chi connectivity index (χ3n) is 6.74. The average molecular weight is 801 g/mol. The molecule has 0 aliphatic carbocycles. The van der Waals surface area contributed by atoms with Gasteiger partial charge in [-0.05, 0) is 80.1 Å². The van der Waals surface area contributed by atoms with Crippen LogP contribution in [0, 0.1) is 5.82 Å². The SMILES string of the molecule is CCS(=O)(=O)O.CCS(=O)(=O)O.CS(=O)(=O)CCNCc1ccc(-c2ccc3ncnc(Nc4ccc(OCc5cccc(F)c5)c(Cl)c4)c3c2)o1. The molecule has 2 aromatic heterocycles. The van der Waals surface area contributed by atoms with Crippen molar-refractivity contribution in [2.24, 2.45) is 0 Å². The van der Waals surface area contributed by atoms with Crippen molar-refractivity contribution in [3.63, 3.8) is 0 Å². The molecule has 282 valence electrons. The Hall–Kier alpha value is -4.17. The molecule has 19 heteroatoms. The first-order chi connectivity index (χ1) is 24.4. The fourth-order valence-corrected chi connectivity index (χ4v) is 4.78. The van der Waals surface area contributed by atoms with Crippen LogP contribution >= 0.6 is 11.6 Å². The van der Waals surface area contributed by atoms with E-state index in [-0.39, 0.29) is 29.7 Å². The second-order valence-electron chi connectivity index (χ2n) is 11.0. The van der Waals surface area contributed by atoms with Crippen LogP contribution in [-0.4, -0.2) is 74.4 Å². The smallest absolute Gasteiger partial charge is 0.264 e. The van der Waals surface area contributed by atoms with E-state index in [0.29, 0.717) is 52.5 Å². The van der Waals surface area contributed by atoms with Gasteiger partial charge in [0.05, 0.1) is 34.3 Å². The van der Waals surface area contributed by atoms with Gasteiger partial charge in [-0.15, -0.1) is 0 Å². The minimum atomic E-state index is -3.66. The van der Waals surface area contributed by atoms with E-state index in [1.165, 1.54) is 38.6 Å². The first kappa shape index (κ1) is 42.2. The number of rotatable bonds is 13. The highest BCUT2D eigenvalue weighted by molar-refractivity contribution is 7.90. The summed E-state index contributed by atoms with van der Waals surface area (Å²) in [6.45, 7) is 3.70. The Kier molecular flexibility index (Phi) is 15.5. The Labute approximate surface area is 306 Å². The third kappa shape index (κ3) is 15.2. The fourth-order valence-electron chi connectivity index (χ4n) is 4.03. The maximum absolute atomic E-state index is 13.4. The molecule has 5 aromatic rings. The first-order valence-corrected chi connectivity index (χ1v) is 21.1. The number of nitrogens with one attached hydrogen (secondary N) is 2. The fraction of sp³-hybridized carbons (Fsp3) is 0.273. The Balaban J connectivity index is 0.000000524. The summed E-state index contributed by atoms with van der Waals surface area (Å²) < 4.78 is 102. The van der Waals surface area contributed by atoms with Gasteiger partial charge in [0.15, 0.2) is 0 Å². The van der Waals surface area contributed by atoms with Crippen LogP contribution in [0.1, 0.15) is 25.2 Å². The molecule has 0 aliphatic rings. The summed E-state index contributed by atoms with van der Waals surface area (Å²) in [5.41, 5.74) is 2.99. The topological polar surface area (TPSA) is 215 Å². The van der Waals surface area contributed by atoms with Gasteiger partial charge in [-0.3, -0.25) is 9.11 Å². The molecule has 4 N–H and O–H groups in total. The predicted molar refractivity (Wildman–Crippen MR) is 198 cm³/mol. The molecule has 14 nitrogen and oxygen atoms in total. The van der Waals surface area contributed by atoms with Crippen molar-refractivity contribution in [1.82, 2.24) is 15.3 Å². The molecule has 52 heavy (non-hydrogen) atoms. The number of sulfone groups is 1. The summed E-state index contributed by atoms with van der Waals surface area (Å²) in [6, 6.07) is 21.0. The summed E-state index contributed by atoms with van der Waals surface area (Å²) >= 11 is 6.47. The zero-order valence-corrected chi connectivity index (χ0v) is 31.5. The van der Waals surface area contributed by atoms with Crippen molar-refractivity contribution < 1.29 is 47.9 Å². The second-order valence-corrected chi connectivity index (χ2v) is 17.1. The maximum atomic E-state index is 13.4. The molecule has 5 rings (SSSR count). The molecule has 0 bridgehead atoms. The molecule has 0 saturated carbocycles. The van der Waals surface area contributed by atoms with Gasteiger partial charge in [-0.1, -0.05) is 23.7 Å². The number of furan rings is 1. The van der Waals surface area contributed by atoms with E-state index in [1.54, 1.807) is 24.3 Å². The van der Waals surface area contributed by atoms with Gasteiger partial charge in [-0.2, -0.15) is 16.8 Å². The summed E-state index contributed by atoms with van der Waals surface area (Å²) in [5, 5.41) is 7.56. The number of fused-ring (bicyclic) bond motifs is 1. The molecule has 0 saturated heterocycles. The van der Waals surface area contributed by atoms with Crippen LogP contribution in [-0.2, 0) is 43.2 Å². The summed E-state index contributed by atoms with van der Waals surface area (Å²) in [7, 11) is -10.3. The number of ether oxygens (including phenoxy) is 1. The van der Waals surface area contributed by atoms with Crippen molar-refractivity contribution in [2.45, 2.75) is 27.0 Å². The van der Waals surface area contributed by atoms with Gasteiger partial charge in [0.1, 0.15) is 51.7 Å². The Morgan fingerprint density at radius 2 is 1.58 bits per heavy atom. The lowest BCUT2D eigenvalue weighted by molar-refractivity contribution is 0.306. The Bertz CT molecular complexity index is 2260. The number of anilines is 2. The van der Waals surface area contributed by atoms with E-state index >= 15 is 0 Å². The lowest BCUT2D eigenvalue weighted by Gasteiger charge is -2.12. The van der Waals surface area contributed by atoms with Crippen molar-refractivity contribution in [3.8, 4) is 17.1 Å². The van der Waals surface area contributed by atoms with Crippen molar-refractivity contribution in [1.29, 1.82) is 0 Å². The van der Waals surface area contributed by atoms with E-state index in [4.69, 9.17) is 29.9 Å². The van der Waals surface area contributed by atoms with E-state index in [0.717, 1.165) is 16.5 Å². The minimum absolute atomic E-state index is 0.0664. The zero-order chi connectivity index (χ0) is 38.5. The molecule has 0 aliphatic heterocycles. The summed E-state index contributed by atoms with van der Waals surface area (Å²) in [5.74, 6) is 1.77. The van der Waals surface area contributed by atoms with Crippen LogP contribution in [0.25, 0.3) is 22.2 Å². The van der Waals surface area contributed by atoms with Crippen molar-refractivity contribution >= 4 is 64.1 Å². The van der Waals surface area contributed by atoms with Crippen molar-refractivity contribution in [3.05, 3.63) is 101 Å². The molecule has 3 aromatic carbocycles. The molecule has 2 heterocycles. The van der Waals surface area contributed by atoms with E-state index in [1.807, 2.05) is 36.4 Å². The van der Waals surface area contributed by atoms with Crippen LogP contribution < -0.4 is 15.4 Å². The number of aromatic nitrogens is 2. The van der Waals surface area contributed by atoms with Crippen LogP contribution in [0.4, 0.5) is 15.9 Å². The maximum Gasteiger partial charge on any atom is 0.264 e. The van der Waals surface area contributed by atoms with E-state index in [2.05, 4.69) is 20.6 Å². The molecule has 0 atom stereocenters. The monoisotopic (exact) mass is 800 g/mol. The first-order valence-electron chi connectivity index (χ1n) is 15.4. The van der Waals surface area contributed by atoms with Crippen LogP contribution in [0.5, 0.6) is 5.75 Å². The quantitative estimate of drug-likeness (QED) is 0.0803. The van der Waals surface area contributed by atoms with Gasteiger partial charge >= 0.3 is 0 Å². The van der Waals surface area contributed by atoms with Crippen LogP contribution in [0.15, 0.2) is 83.5 Å². The number of halogens is 2. The molecule has 0 amide bonds. The number of benzene rings is 3. The molecule has 0 radical (unpaired) electrons. The lowest BCUT2D eigenvalue weighted by Crippen LogP contribution is -2.21. The Morgan fingerprint density at radius 3 is 2.19 bits per heavy atom. The molecular weight excluding hydrogens is 763 g/mol. The van der Waals surface area contributed by atoms with Gasteiger partial charge in [-0.25, -0.2) is 22.8 Å². The largest absolute Gasteiger partial charge is 0.487 e. The third-order valence-corrected chi connectivity index (χ3v) is 9.44. The van der Waals surface area contributed by atoms with Gasteiger partial charge in [0, 0.05) is 29.4 Å². The molecule has 0 fully saturated rings. The van der Waals surface area contributed by atoms with E-state index in [9.17, 15) is 29.6 Å². The van der Waals surface area contributed by atoms with Crippen LogP contribution in [0.2, 0.25) is 5.02 Å². The summed E-state index contributed by atoms with van der Waals surface area (Å²) in [6.07, 6.45) is 2.69. The van der Waals surface area contributed by atoms with E-state index < -0.39 is 30.1 Å². The average Bonchev–Trinajstić information content (AvgIpc) is 3.55. The standard InChI is InChI=1S/C29H26ClFN4O4S.2C2H6O3S/c1-40(36,37)12-11-32-16-23-7-10-27(39-23)20-5-8-26-24(14-20)29(34-18-33-26)35-22-6-9-28(25(30)15-22)38-17-19-3-2-4-21(31)13-19;2*1-2-6(3,4)5/h2-10,13-15,18,32H,11-12,16-17H2,1H3,(H,33,34,35);2*2H2,1H3,(H,3,4,5). The Morgan fingerprint density at radius 1 is 0.885 bits per heavy atom. The predicted octanol–water partition coefficient (Wildman–Crippen LogP) is 5.93. The lowest BCUT2D eigenvalue weighted by atomic mass is 10.1. The van der Waals surface area contributed by atoms with Gasteiger partial charge in [0.25, 0.3) is 20.2 Å². The van der Waals surface area contributed by atoms with Gasteiger partial charge < -0.3 is 19.8 Å². The molecule has 0 spiro atoms. The number of nitrogens with zero attached hydrogens (tertiary/aromatic N) is 2. The molecular formula is C33H38ClFN4O10S3. The van der Waals surface area contributed by atoms with Gasteiger partial charge in [0.2, 0.25) is 0 Å². The number of hydrogen-bond donors (Lipinski definition) is 4. The minimum Gasteiger partial charge on any atom is -0.487 e. The highest BCUT2D eigenvalue weighted by Gasteiger charge is 2.12. The second kappa shape index (κ2) is 19.1. The molecule has 0 unspecified atom stereocenters. The normalized spacial score (nSPS) is 11.6. The highest BCUT2D eigenvalue weighted by Crippen LogP contribution is 2.33. The van der Waals surface area contributed by atoms with Crippen LogP contribution in [0.3, 0.4) is 0 Å². The highest BCUT2D eigenvalue weighted by atomic mass is 35.5. The number of hydrogen-bond acceptors (Lipinski definition) is 12. The zero-order valence-electron chi connectivity index (χ0n) is 28.3.